The smallest absolute Gasteiger partial charge is 0.0928 e. The molecule has 2 heteroatoms. The maximum Gasteiger partial charge on any atom is 0.0928 e. The van der Waals surface area contributed by atoms with Crippen LogP contribution in [0.3, 0.4) is 0 Å². The van der Waals surface area contributed by atoms with E-state index in [-0.39, 0.29) is 6.67 Å². The maximum atomic E-state index is 12.0. The van der Waals surface area contributed by atoms with Crippen molar-refractivity contribution in [2.24, 2.45) is 17.8 Å². The van der Waals surface area contributed by atoms with E-state index in [1.165, 1.54) is 38.5 Å². The molecule has 2 aliphatic rings. The molecule has 0 aromatic rings. The Morgan fingerprint density at radius 1 is 1.14 bits per heavy atom. The highest BCUT2D eigenvalue weighted by Crippen LogP contribution is 2.38. The molecule has 0 saturated heterocycles. The van der Waals surface area contributed by atoms with Crippen LogP contribution in [0, 0.1) is 29.1 Å². The van der Waals surface area contributed by atoms with Gasteiger partial charge in [-0.3, -0.25) is 4.39 Å². The minimum Gasteiger partial charge on any atom is -0.251 e. The zero-order valence-corrected chi connectivity index (χ0v) is 13.1. The van der Waals surface area contributed by atoms with Gasteiger partial charge in [0.2, 0.25) is 0 Å². The highest BCUT2D eigenvalue weighted by Gasteiger charge is 2.25. The fourth-order valence-corrected chi connectivity index (χ4v) is 3.77. The monoisotopic (exact) mass is 289 g/mol. The zero-order valence-electron chi connectivity index (χ0n) is 13.1. The van der Waals surface area contributed by atoms with E-state index in [0.29, 0.717) is 12.3 Å². The van der Waals surface area contributed by atoms with Gasteiger partial charge in [-0.2, -0.15) is 5.26 Å². The summed E-state index contributed by atoms with van der Waals surface area (Å²) in [4.78, 5) is 0. The van der Waals surface area contributed by atoms with E-state index >= 15 is 0 Å². The summed E-state index contributed by atoms with van der Waals surface area (Å²) in [5, 5.41) is 8.97. The lowest BCUT2D eigenvalue weighted by Crippen LogP contribution is -2.18. The van der Waals surface area contributed by atoms with Gasteiger partial charge in [0.1, 0.15) is 0 Å². The minimum atomic E-state index is -0.236. The quantitative estimate of drug-likeness (QED) is 0.572. The summed E-state index contributed by atoms with van der Waals surface area (Å²) in [5.41, 5.74) is 1.68. The van der Waals surface area contributed by atoms with E-state index in [4.69, 9.17) is 5.26 Å². The zero-order chi connectivity index (χ0) is 14.9. The molecule has 0 aromatic heterocycles. The first-order chi connectivity index (χ1) is 10.3. The normalized spacial score (nSPS) is 30.1. The van der Waals surface area contributed by atoms with Crippen molar-refractivity contribution < 1.29 is 4.39 Å². The van der Waals surface area contributed by atoms with Gasteiger partial charge in [0.05, 0.1) is 12.7 Å². The van der Waals surface area contributed by atoms with E-state index in [9.17, 15) is 4.39 Å². The van der Waals surface area contributed by atoms with Crippen molar-refractivity contribution in [3.05, 3.63) is 23.8 Å². The van der Waals surface area contributed by atoms with Gasteiger partial charge in [0.25, 0.3) is 0 Å². The predicted molar refractivity (Wildman–Crippen MR) is 85.5 cm³/mol. The molecule has 1 saturated carbocycles. The van der Waals surface area contributed by atoms with Crippen molar-refractivity contribution in [2.75, 3.05) is 6.67 Å². The Balaban J connectivity index is 1.69. The third-order valence-electron chi connectivity index (χ3n) is 5.17. The van der Waals surface area contributed by atoms with Gasteiger partial charge in [-0.1, -0.05) is 23.8 Å². The lowest BCUT2D eigenvalue weighted by molar-refractivity contribution is 0.328. The van der Waals surface area contributed by atoms with Crippen LogP contribution in [0.15, 0.2) is 23.8 Å². The fraction of sp³-hybridized carbons (Fsp3) is 0.737. The van der Waals surface area contributed by atoms with Crippen molar-refractivity contribution in [1.29, 1.82) is 5.26 Å². The molecule has 1 atom stereocenters. The fourth-order valence-electron chi connectivity index (χ4n) is 3.77. The highest BCUT2D eigenvalue weighted by atomic mass is 19.1. The van der Waals surface area contributed by atoms with Crippen molar-refractivity contribution in [2.45, 2.75) is 64.2 Å². The summed E-state index contributed by atoms with van der Waals surface area (Å²) >= 11 is 0. The summed E-state index contributed by atoms with van der Waals surface area (Å²) in [6.07, 6.45) is 18.0. The van der Waals surface area contributed by atoms with E-state index in [1.54, 1.807) is 5.57 Å². The number of halogens is 1. The molecule has 0 N–H and O–H groups in total. The van der Waals surface area contributed by atoms with Gasteiger partial charge in [-0.15, -0.1) is 0 Å². The Kier molecular flexibility index (Phi) is 7.00. The first-order valence-corrected chi connectivity index (χ1v) is 8.63. The van der Waals surface area contributed by atoms with Crippen molar-refractivity contribution in [1.82, 2.24) is 0 Å². The topological polar surface area (TPSA) is 23.8 Å². The molecule has 0 radical (unpaired) electrons. The maximum absolute atomic E-state index is 12.0. The number of hydrogen-bond acceptors (Lipinski definition) is 1. The van der Waals surface area contributed by atoms with E-state index in [2.05, 4.69) is 18.2 Å². The number of hydrogen-bond donors (Lipinski definition) is 0. The summed E-state index contributed by atoms with van der Waals surface area (Å²) < 4.78 is 12.0. The summed E-state index contributed by atoms with van der Waals surface area (Å²) in [7, 11) is 0. The van der Waals surface area contributed by atoms with Crippen molar-refractivity contribution in [3.63, 3.8) is 0 Å². The van der Waals surface area contributed by atoms with Gasteiger partial charge in [-0.25, -0.2) is 0 Å². The molecule has 1 nitrogen and oxygen atoms in total. The minimum absolute atomic E-state index is 0.236. The molecular formula is C19H28FN. The number of rotatable bonds is 6. The van der Waals surface area contributed by atoms with Gasteiger partial charge in [0.15, 0.2) is 0 Å². The molecular weight excluding hydrogens is 261 g/mol. The van der Waals surface area contributed by atoms with Crippen LogP contribution in [0.1, 0.15) is 64.2 Å². The Morgan fingerprint density at radius 2 is 1.90 bits per heavy atom. The Bertz CT molecular complexity index is 396. The van der Waals surface area contributed by atoms with Crippen LogP contribution in [0.2, 0.25) is 0 Å². The number of allylic oxidation sites excluding steroid dienone is 4. The third kappa shape index (κ3) is 5.30. The second-order valence-electron chi connectivity index (χ2n) is 6.62. The van der Waals surface area contributed by atoms with Crippen LogP contribution >= 0.6 is 0 Å². The van der Waals surface area contributed by atoms with Crippen LogP contribution < -0.4 is 0 Å². The molecule has 0 aliphatic heterocycles. The molecule has 1 unspecified atom stereocenters. The van der Waals surface area contributed by atoms with E-state index < -0.39 is 0 Å². The standard InChI is InChI=1S/C19H28FN/c20-14-4-2-1-3-5-16-6-10-18(11-7-16)19-12-8-17(15-21)9-13-19/h1-2,10,16-17,19H,3-9,11-14H2/b2-1+. The molecule has 0 spiro atoms. The molecule has 116 valence electrons. The second-order valence-corrected chi connectivity index (χ2v) is 6.62. The predicted octanol–water partition coefficient (Wildman–Crippen LogP) is 5.74. The first-order valence-electron chi connectivity index (χ1n) is 8.63. The molecule has 0 amide bonds. The number of nitrogens with zero attached hydrogens (tertiary/aromatic N) is 1. The Morgan fingerprint density at radius 3 is 2.52 bits per heavy atom. The molecule has 0 bridgehead atoms. The van der Waals surface area contributed by atoms with Gasteiger partial charge >= 0.3 is 0 Å². The van der Waals surface area contributed by atoms with Crippen LogP contribution in [0.25, 0.3) is 0 Å². The molecule has 1 fully saturated rings. The van der Waals surface area contributed by atoms with Gasteiger partial charge in [-0.05, 0) is 76.0 Å². The van der Waals surface area contributed by atoms with Crippen molar-refractivity contribution >= 4 is 0 Å². The molecule has 0 heterocycles. The molecule has 21 heavy (non-hydrogen) atoms. The van der Waals surface area contributed by atoms with Crippen LogP contribution in [0.4, 0.5) is 4.39 Å². The average molecular weight is 289 g/mol. The number of nitriles is 1. The SMILES string of the molecule is N#CC1CCC(C2=CCC(CC/C=C/CCF)CC2)CC1. The average Bonchev–Trinajstić information content (AvgIpc) is 2.55. The number of alkyl halides is 1. The van der Waals surface area contributed by atoms with Crippen LogP contribution in [0.5, 0.6) is 0 Å². The van der Waals surface area contributed by atoms with Gasteiger partial charge in [0, 0.05) is 5.92 Å². The van der Waals surface area contributed by atoms with E-state index in [0.717, 1.165) is 31.1 Å². The van der Waals surface area contributed by atoms with Crippen molar-refractivity contribution in [3.8, 4) is 6.07 Å². The second kappa shape index (κ2) is 9.03. The lowest BCUT2D eigenvalue weighted by atomic mass is 9.74. The summed E-state index contributed by atoms with van der Waals surface area (Å²) in [5.74, 6) is 1.90. The summed E-state index contributed by atoms with van der Waals surface area (Å²) in [6.45, 7) is -0.236. The van der Waals surface area contributed by atoms with Crippen LogP contribution in [-0.2, 0) is 0 Å². The van der Waals surface area contributed by atoms with Gasteiger partial charge < -0.3 is 0 Å². The van der Waals surface area contributed by atoms with Crippen LogP contribution in [-0.4, -0.2) is 6.67 Å². The lowest BCUT2D eigenvalue weighted by Gasteiger charge is -2.31. The largest absolute Gasteiger partial charge is 0.251 e. The third-order valence-corrected chi connectivity index (χ3v) is 5.17. The molecule has 2 rings (SSSR count). The summed E-state index contributed by atoms with van der Waals surface area (Å²) in [6, 6.07) is 2.42. The van der Waals surface area contributed by atoms with E-state index in [1.807, 2.05) is 6.08 Å². The molecule has 0 aromatic carbocycles. The highest BCUT2D eigenvalue weighted by molar-refractivity contribution is 5.12. The molecule has 2 aliphatic carbocycles. The Labute approximate surface area is 128 Å². The first kappa shape index (κ1) is 16.3. The Hall–Kier alpha value is -1.10.